The molecule has 6 nitrogen and oxygen atoms in total. The van der Waals surface area contributed by atoms with Gasteiger partial charge in [0.05, 0.1) is 23.5 Å². The summed E-state index contributed by atoms with van der Waals surface area (Å²) in [7, 11) is 0. The second-order valence-corrected chi connectivity index (χ2v) is 7.03. The molecule has 2 aromatic heterocycles. The van der Waals surface area contributed by atoms with E-state index in [2.05, 4.69) is 10.2 Å². The van der Waals surface area contributed by atoms with Crippen LogP contribution in [-0.2, 0) is 16.0 Å². The summed E-state index contributed by atoms with van der Waals surface area (Å²) in [6.45, 7) is 1.65. The van der Waals surface area contributed by atoms with Gasteiger partial charge in [-0.1, -0.05) is 0 Å². The molecule has 3 heterocycles. The molecule has 0 amide bonds. The Morgan fingerprint density at radius 1 is 1.28 bits per heavy atom. The summed E-state index contributed by atoms with van der Waals surface area (Å²) in [5, 5.41) is 16.6. The first kappa shape index (κ1) is 17.7. The first-order valence-corrected chi connectivity index (χ1v) is 8.89. The second kappa shape index (κ2) is 6.08. The fraction of sp³-hybridized carbons (Fsp3) is 0.200. The molecule has 2 aromatic carbocycles. The summed E-state index contributed by atoms with van der Waals surface area (Å²) in [5.41, 5.74) is 1.83. The zero-order valence-corrected chi connectivity index (χ0v) is 15.0. The number of halogens is 3. The van der Waals surface area contributed by atoms with Gasteiger partial charge in [-0.15, -0.1) is 0 Å². The van der Waals surface area contributed by atoms with Gasteiger partial charge >= 0.3 is 5.97 Å². The highest BCUT2D eigenvalue weighted by Crippen LogP contribution is 2.42. The molecule has 0 saturated heterocycles. The van der Waals surface area contributed by atoms with Gasteiger partial charge in [-0.2, -0.15) is 5.10 Å². The first-order chi connectivity index (χ1) is 13.9. The van der Waals surface area contributed by atoms with E-state index in [9.17, 15) is 18.7 Å². The van der Waals surface area contributed by atoms with Gasteiger partial charge in [0.1, 0.15) is 5.52 Å². The van der Waals surface area contributed by atoms with Crippen molar-refractivity contribution in [2.75, 3.05) is 0 Å². The summed E-state index contributed by atoms with van der Waals surface area (Å²) in [6, 6.07) is 5.07. The van der Waals surface area contributed by atoms with Crippen molar-refractivity contribution < 1.29 is 27.8 Å². The number of nitrogens with zero attached hydrogens (tertiary/aromatic N) is 2. The Bertz CT molecular complexity index is 1310. The summed E-state index contributed by atoms with van der Waals surface area (Å²) in [4.78, 5) is 11.5. The largest absolute Gasteiger partial charge is 0.479 e. The van der Waals surface area contributed by atoms with Crippen LogP contribution in [0.5, 0.6) is 0 Å². The van der Waals surface area contributed by atoms with E-state index in [4.69, 9.17) is 4.74 Å². The Labute approximate surface area is 161 Å². The average molecular weight is 401 g/mol. The fourth-order valence-corrected chi connectivity index (χ4v) is 4.12. The Kier molecular flexibility index (Phi) is 3.72. The maximum atomic E-state index is 15.4. The van der Waals surface area contributed by atoms with Crippen LogP contribution in [0, 0.1) is 17.5 Å². The molecule has 1 aliphatic rings. The molecule has 2 N–H and O–H groups in total. The normalized spacial score (nSPS) is 19.0. The smallest absolute Gasteiger partial charge is 0.333 e. The predicted molar refractivity (Wildman–Crippen MR) is 97.4 cm³/mol. The van der Waals surface area contributed by atoms with Gasteiger partial charge in [-0.3, -0.25) is 5.10 Å². The number of hydrogen-bond acceptors (Lipinski definition) is 3. The van der Waals surface area contributed by atoms with E-state index in [-0.39, 0.29) is 23.0 Å². The number of aliphatic carboxylic acids is 1. The SMILES string of the molecule is CC1OC(C(=O)O)Cc2c1n(-c1ccc(F)c(F)c1)c1cc3cn[nH]c3c(F)c21. The maximum Gasteiger partial charge on any atom is 0.333 e. The lowest BCUT2D eigenvalue weighted by Gasteiger charge is -2.27. The minimum Gasteiger partial charge on any atom is -0.479 e. The molecule has 5 rings (SSSR count). The van der Waals surface area contributed by atoms with Crippen molar-refractivity contribution in [2.24, 2.45) is 0 Å². The number of nitrogens with one attached hydrogen (secondary N) is 1. The number of benzene rings is 2. The van der Waals surface area contributed by atoms with Crippen LogP contribution >= 0.6 is 0 Å². The van der Waals surface area contributed by atoms with E-state index in [0.717, 1.165) is 12.1 Å². The van der Waals surface area contributed by atoms with Crippen LogP contribution in [0.3, 0.4) is 0 Å². The van der Waals surface area contributed by atoms with Crippen LogP contribution in [0.25, 0.3) is 27.5 Å². The number of fused-ring (bicyclic) bond motifs is 4. The number of carboxylic acid groups (broad SMARTS) is 1. The summed E-state index contributed by atoms with van der Waals surface area (Å²) in [6.07, 6.45) is -0.451. The van der Waals surface area contributed by atoms with Gasteiger partial charge in [-0.05, 0) is 30.7 Å². The van der Waals surface area contributed by atoms with Gasteiger partial charge in [0, 0.05) is 28.9 Å². The Balaban J connectivity index is 1.91. The standard InChI is InChI=1S/C20H14F3N3O3/c1-8-19-11(6-15(29-8)20(27)28)16-14(4-9-7-24-25-18(9)17(16)23)26(19)10-2-3-12(21)13(22)5-10/h2-5,7-8,15H,6H2,1H3,(H,24,25)(H,27,28). The molecule has 0 spiro atoms. The van der Waals surface area contributed by atoms with Crippen LogP contribution < -0.4 is 0 Å². The minimum absolute atomic E-state index is 0.0568. The molecule has 4 aromatic rings. The molecule has 2 atom stereocenters. The molecule has 0 bridgehead atoms. The Morgan fingerprint density at radius 2 is 2.07 bits per heavy atom. The van der Waals surface area contributed by atoms with E-state index >= 15 is 4.39 Å². The number of aromatic nitrogens is 3. The van der Waals surface area contributed by atoms with Crippen LogP contribution in [0.4, 0.5) is 13.2 Å². The molecular formula is C20H14F3N3O3. The summed E-state index contributed by atoms with van der Waals surface area (Å²) in [5.74, 6) is -3.78. The predicted octanol–water partition coefficient (Wildman–Crippen LogP) is 4.01. The zero-order chi connectivity index (χ0) is 20.4. The molecule has 0 fully saturated rings. The van der Waals surface area contributed by atoms with Crippen molar-refractivity contribution in [3.05, 3.63) is 59.2 Å². The van der Waals surface area contributed by atoms with E-state index < -0.39 is 35.6 Å². The molecule has 1 aliphatic heterocycles. The lowest BCUT2D eigenvalue weighted by Crippen LogP contribution is -2.32. The summed E-state index contributed by atoms with van der Waals surface area (Å²) >= 11 is 0. The van der Waals surface area contributed by atoms with Gasteiger partial charge in [0.2, 0.25) is 0 Å². The number of hydrogen-bond donors (Lipinski definition) is 2. The third-order valence-electron chi connectivity index (χ3n) is 5.33. The number of carbonyl (C=O) groups is 1. The molecule has 148 valence electrons. The molecular weight excluding hydrogens is 387 g/mol. The maximum absolute atomic E-state index is 15.4. The van der Waals surface area contributed by atoms with E-state index in [0.29, 0.717) is 22.2 Å². The monoisotopic (exact) mass is 401 g/mol. The number of H-pyrrole nitrogens is 1. The van der Waals surface area contributed by atoms with Crippen molar-refractivity contribution >= 4 is 27.8 Å². The van der Waals surface area contributed by atoms with E-state index in [1.54, 1.807) is 17.6 Å². The Morgan fingerprint density at radius 3 is 2.79 bits per heavy atom. The Hall–Kier alpha value is -3.33. The van der Waals surface area contributed by atoms with Crippen molar-refractivity contribution in [1.82, 2.24) is 14.8 Å². The van der Waals surface area contributed by atoms with Crippen molar-refractivity contribution in [2.45, 2.75) is 25.6 Å². The van der Waals surface area contributed by atoms with Crippen LogP contribution in [0.1, 0.15) is 24.3 Å². The van der Waals surface area contributed by atoms with Gasteiger partial charge in [0.15, 0.2) is 23.6 Å². The highest BCUT2D eigenvalue weighted by molar-refractivity contribution is 5.99. The van der Waals surface area contributed by atoms with Gasteiger partial charge in [-0.25, -0.2) is 18.0 Å². The van der Waals surface area contributed by atoms with Crippen molar-refractivity contribution in [3.8, 4) is 5.69 Å². The van der Waals surface area contributed by atoms with Crippen LogP contribution in [0.2, 0.25) is 0 Å². The van der Waals surface area contributed by atoms with Crippen LogP contribution in [0.15, 0.2) is 30.5 Å². The van der Waals surface area contributed by atoms with E-state index in [1.807, 2.05) is 0 Å². The van der Waals surface area contributed by atoms with Crippen LogP contribution in [-0.4, -0.2) is 31.9 Å². The third-order valence-corrected chi connectivity index (χ3v) is 5.33. The molecule has 0 aliphatic carbocycles. The highest BCUT2D eigenvalue weighted by Gasteiger charge is 2.36. The molecule has 29 heavy (non-hydrogen) atoms. The molecule has 0 radical (unpaired) electrons. The minimum atomic E-state index is -1.15. The fourth-order valence-electron chi connectivity index (χ4n) is 4.12. The molecule has 2 unspecified atom stereocenters. The average Bonchev–Trinajstić information content (AvgIpc) is 3.27. The quantitative estimate of drug-likeness (QED) is 0.532. The van der Waals surface area contributed by atoms with Crippen molar-refractivity contribution in [3.63, 3.8) is 0 Å². The lowest BCUT2D eigenvalue weighted by atomic mass is 9.97. The second-order valence-electron chi connectivity index (χ2n) is 7.03. The highest BCUT2D eigenvalue weighted by atomic mass is 19.2. The summed E-state index contributed by atoms with van der Waals surface area (Å²) < 4.78 is 50.1. The number of carboxylic acids is 1. The van der Waals surface area contributed by atoms with Gasteiger partial charge in [0.25, 0.3) is 0 Å². The van der Waals surface area contributed by atoms with E-state index in [1.165, 1.54) is 12.3 Å². The van der Waals surface area contributed by atoms with Crippen molar-refractivity contribution in [1.29, 1.82) is 0 Å². The first-order valence-electron chi connectivity index (χ1n) is 8.89. The zero-order valence-electron chi connectivity index (χ0n) is 15.0. The third kappa shape index (κ3) is 2.47. The molecule has 0 saturated carbocycles. The lowest BCUT2D eigenvalue weighted by molar-refractivity contribution is -0.155. The number of ether oxygens (including phenoxy) is 1. The topological polar surface area (TPSA) is 80.1 Å². The number of aromatic amines is 1. The number of rotatable bonds is 2. The van der Waals surface area contributed by atoms with Gasteiger partial charge < -0.3 is 14.4 Å². The molecule has 9 heteroatoms.